The van der Waals surface area contributed by atoms with Gasteiger partial charge in [-0.05, 0) is 35.4 Å². The average molecular weight is 488 g/mol. The van der Waals surface area contributed by atoms with Crippen LogP contribution in [0.25, 0.3) is 10.9 Å². The minimum atomic E-state index is -0.880. The first-order valence-electron chi connectivity index (χ1n) is 11.7. The Morgan fingerprint density at radius 2 is 1.67 bits per heavy atom. The average Bonchev–Trinajstić information content (AvgIpc) is 3.28. The van der Waals surface area contributed by atoms with E-state index in [0.717, 1.165) is 27.7 Å². The highest BCUT2D eigenvalue weighted by Crippen LogP contribution is 2.31. The number of fused-ring (bicyclic) bond motifs is 1. The number of benzene rings is 3. The standard InChI is InChI=1S/C28H30FN5O2/c1-34(2)19-13-11-18(12-14-19)22(23-17-31-25-10-6-4-7-20(23)25)16-32-27(35)15-26(33-28(30)36)21-8-3-5-9-24(21)29/h3-14,17,22,26,31H,15-16H2,1-2H3,(H,32,35)(H3,30,33,36)/t22-,26+/m1/s1. The third kappa shape index (κ3) is 5.66. The second kappa shape index (κ2) is 10.9. The van der Waals surface area contributed by atoms with Crippen LogP contribution in [0.3, 0.4) is 0 Å². The molecule has 186 valence electrons. The van der Waals surface area contributed by atoms with Crippen LogP contribution in [0.5, 0.6) is 0 Å². The third-order valence-electron chi connectivity index (χ3n) is 6.30. The lowest BCUT2D eigenvalue weighted by Gasteiger charge is -2.22. The molecule has 0 saturated carbocycles. The first-order valence-corrected chi connectivity index (χ1v) is 11.7. The maximum Gasteiger partial charge on any atom is 0.312 e. The molecule has 0 saturated heterocycles. The Balaban J connectivity index is 1.57. The van der Waals surface area contributed by atoms with E-state index in [4.69, 9.17) is 5.73 Å². The number of urea groups is 1. The van der Waals surface area contributed by atoms with Gasteiger partial charge in [-0.25, -0.2) is 9.18 Å². The van der Waals surface area contributed by atoms with Gasteiger partial charge in [0.05, 0.1) is 12.5 Å². The van der Waals surface area contributed by atoms with Crippen molar-refractivity contribution in [3.63, 3.8) is 0 Å². The zero-order valence-electron chi connectivity index (χ0n) is 20.3. The lowest BCUT2D eigenvalue weighted by atomic mass is 9.90. The number of H-pyrrole nitrogens is 1. The summed E-state index contributed by atoms with van der Waals surface area (Å²) in [4.78, 5) is 29.9. The van der Waals surface area contributed by atoms with Crippen LogP contribution in [0, 0.1) is 5.82 Å². The van der Waals surface area contributed by atoms with E-state index in [1.807, 2.05) is 55.5 Å². The summed E-state index contributed by atoms with van der Waals surface area (Å²) in [7, 11) is 3.97. The van der Waals surface area contributed by atoms with Gasteiger partial charge in [0, 0.05) is 54.9 Å². The van der Waals surface area contributed by atoms with Gasteiger partial charge in [-0.2, -0.15) is 0 Å². The number of hydrogen-bond acceptors (Lipinski definition) is 3. The van der Waals surface area contributed by atoms with Crippen molar-refractivity contribution in [2.75, 3.05) is 25.5 Å². The summed E-state index contributed by atoms with van der Waals surface area (Å²) >= 11 is 0. The second-order valence-electron chi connectivity index (χ2n) is 8.92. The van der Waals surface area contributed by atoms with Crippen molar-refractivity contribution in [1.29, 1.82) is 0 Å². The Morgan fingerprint density at radius 1 is 0.972 bits per heavy atom. The van der Waals surface area contributed by atoms with Crippen LogP contribution in [0.2, 0.25) is 0 Å². The smallest absolute Gasteiger partial charge is 0.312 e. The molecule has 8 heteroatoms. The molecule has 36 heavy (non-hydrogen) atoms. The van der Waals surface area contributed by atoms with Gasteiger partial charge < -0.3 is 26.3 Å². The van der Waals surface area contributed by atoms with E-state index in [1.165, 1.54) is 12.1 Å². The molecule has 0 aliphatic rings. The van der Waals surface area contributed by atoms with Crippen molar-refractivity contribution in [3.8, 4) is 0 Å². The van der Waals surface area contributed by atoms with Crippen molar-refractivity contribution in [3.05, 3.63) is 102 Å². The van der Waals surface area contributed by atoms with E-state index in [0.29, 0.717) is 6.54 Å². The number of anilines is 1. The SMILES string of the molecule is CN(C)c1ccc([C@@H](CNC(=O)C[C@H](NC(N)=O)c2ccccc2F)c2c[nH]c3ccccc23)cc1. The van der Waals surface area contributed by atoms with Crippen molar-refractivity contribution in [2.24, 2.45) is 5.73 Å². The van der Waals surface area contributed by atoms with Crippen molar-refractivity contribution < 1.29 is 14.0 Å². The van der Waals surface area contributed by atoms with Gasteiger partial charge in [-0.3, -0.25) is 4.79 Å². The van der Waals surface area contributed by atoms with Crippen LogP contribution in [-0.4, -0.2) is 37.6 Å². The minimum Gasteiger partial charge on any atom is -0.378 e. The molecular formula is C28H30FN5O2. The van der Waals surface area contributed by atoms with Gasteiger partial charge in [-0.1, -0.05) is 48.5 Å². The van der Waals surface area contributed by atoms with Crippen LogP contribution >= 0.6 is 0 Å². The summed E-state index contributed by atoms with van der Waals surface area (Å²) in [6, 6.07) is 20.5. The van der Waals surface area contributed by atoms with Crippen LogP contribution in [-0.2, 0) is 4.79 Å². The highest BCUT2D eigenvalue weighted by Gasteiger charge is 2.23. The molecule has 0 unspecified atom stereocenters. The fourth-order valence-corrected chi connectivity index (χ4v) is 4.44. The number of primary amides is 1. The summed E-state index contributed by atoms with van der Waals surface area (Å²) in [5.41, 5.74) is 9.70. The van der Waals surface area contributed by atoms with Crippen LogP contribution in [0.15, 0.2) is 79.0 Å². The Bertz CT molecular complexity index is 1350. The number of halogens is 1. The molecular weight excluding hydrogens is 457 g/mol. The molecule has 3 aromatic carbocycles. The number of para-hydroxylation sites is 1. The van der Waals surface area contributed by atoms with E-state index in [9.17, 15) is 14.0 Å². The van der Waals surface area contributed by atoms with Gasteiger partial charge in [0.2, 0.25) is 5.91 Å². The van der Waals surface area contributed by atoms with Crippen LogP contribution < -0.4 is 21.3 Å². The number of aromatic nitrogens is 1. The molecule has 7 nitrogen and oxygen atoms in total. The molecule has 0 spiro atoms. The van der Waals surface area contributed by atoms with E-state index in [2.05, 4.69) is 33.8 Å². The summed E-state index contributed by atoms with van der Waals surface area (Å²) in [5.74, 6) is -0.967. The normalized spacial score (nSPS) is 12.6. The maximum absolute atomic E-state index is 14.4. The lowest BCUT2D eigenvalue weighted by molar-refractivity contribution is -0.121. The fourth-order valence-electron chi connectivity index (χ4n) is 4.44. The third-order valence-corrected chi connectivity index (χ3v) is 6.30. The first kappa shape index (κ1) is 24.8. The van der Waals surface area contributed by atoms with E-state index >= 15 is 0 Å². The van der Waals surface area contributed by atoms with Crippen LogP contribution in [0.4, 0.5) is 14.9 Å². The van der Waals surface area contributed by atoms with E-state index in [-0.39, 0.29) is 23.8 Å². The number of hydrogen-bond donors (Lipinski definition) is 4. The Hall–Kier alpha value is -4.33. The maximum atomic E-state index is 14.4. The van der Waals surface area contributed by atoms with Crippen molar-refractivity contribution in [1.82, 2.24) is 15.6 Å². The number of nitrogens with one attached hydrogen (secondary N) is 3. The largest absolute Gasteiger partial charge is 0.378 e. The molecule has 1 aromatic heterocycles. The van der Waals surface area contributed by atoms with Crippen LogP contribution in [0.1, 0.15) is 35.1 Å². The number of rotatable bonds is 9. The number of nitrogens with zero attached hydrogens (tertiary/aromatic N) is 1. The molecule has 4 rings (SSSR count). The summed E-state index contributed by atoms with van der Waals surface area (Å²) in [5, 5.41) is 6.55. The predicted molar refractivity (Wildman–Crippen MR) is 140 cm³/mol. The van der Waals surface area contributed by atoms with Gasteiger partial charge in [0.25, 0.3) is 0 Å². The Labute approximate surface area is 209 Å². The number of aromatic amines is 1. The predicted octanol–water partition coefficient (Wildman–Crippen LogP) is 4.42. The zero-order valence-corrected chi connectivity index (χ0v) is 20.3. The molecule has 5 N–H and O–H groups in total. The first-order chi connectivity index (χ1) is 17.3. The highest BCUT2D eigenvalue weighted by atomic mass is 19.1. The zero-order chi connectivity index (χ0) is 25.7. The summed E-state index contributed by atoms with van der Waals surface area (Å²) in [6.45, 7) is 0.322. The van der Waals surface area contributed by atoms with Crippen molar-refractivity contribution in [2.45, 2.75) is 18.4 Å². The fraction of sp³-hybridized carbons (Fsp3) is 0.214. The molecule has 0 bridgehead atoms. The van der Waals surface area contributed by atoms with Gasteiger partial charge in [0.15, 0.2) is 0 Å². The molecule has 2 atom stereocenters. The molecule has 0 aliphatic heterocycles. The summed E-state index contributed by atoms with van der Waals surface area (Å²) < 4.78 is 14.4. The summed E-state index contributed by atoms with van der Waals surface area (Å²) in [6.07, 6.45) is 1.82. The van der Waals surface area contributed by atoms with E-state index < -0.39 is 17.9 Å². The topological polar surface area (TPSA) is 103 Å². The molecule has 0 aliphatic carbocycles. The number of carbonyl (C=O) groups is 2. The molecule has 4 aromatic rings. The lowest BCUT2D eigenvalue weighted by Crippen LogP contribution is -2.38. The monoisotopic (exact) mass is 487 g/mol. The van der Waals surface area contributed by atoms with Gasteiger partial charge in [0.1, 0.15) is 5.82 Å². The molecule has 0 radical (unpaired) electrons. The van der Waals surface area contributed by atoms with Gasteiger partial charge >= 0.3 is 6.03 Å². The van der Waals surface area contributed by atoms with Gasteiger partial charge in [-0.15, -0.1) is 0 Å². The Morgan fingerprint density at radius 3 is 2.36 bits per heavy atom. The Kier molecular flexibility index (Phi) is 7.53. The second-order valence-corrected chi connectivity index (χ2v) is 8.92. The molecule has 3 amide bonds. The van der Waals surface area contributed by atoms with E-state index in [1.54, 1.807) is 12.1 Å². The quantitative estimate of drug-likeness (QED) is 0.281. The minimum absolute atomic E-state index is 0.127. The number of carbonyl (C=O) groups excluding carboxylic acids is 2. The van der Waals surface area contributed by atoms with Crippen molar-refractivity contribution >= 4 is 28.5 Å². The molecule has 0 fully saturated rings. The molecule has 1 heterocycles. The number of amides is 3. The number of nitrogens with two attached hydrogens (primary N) is 1. The highest BCUT2D eigenvalue weighted by molar-refractivity contribution is 5.84.